The summed E-state index contributed by atoms with van der Waals surface area (Å²) in [4.78, 5) is 0. The number of aryl methyl sites for hydroxylation is 1. The van der Waals surface area contributed by atoms with E-state index in [4.69, 9.17) is 5.73 Å². The van der Waals surface area contributed by atoms with Crippen LogP contribution < -0.4 is 5.73 Å². The smallest absolute Gasteiger partial charge is 0.0346 e. The average molecular weight is 175 g/mol. The Morgan fingerprint density at radius 3 is 2.77 bits per heavy atom. The number of anilines is 1. The van der Waals surface area contributed by atoms with Crippen molar-refractivity contribution >= 4 is 5.69 Å². The third-order valence-corrected chi connectivity index (χ3v) is 2.81. The summed E-state index contributed by atoms with van der Waals surface area (Å²) in [7, 11) is 0. The minimum atomic E-state index is 0.946. The second kappa shape index (κ2) is 3.41. The SMILES string of the molecule is CCc1cc(CC2CC2)ccc1N. The molecule has 70 valence electrons. The van der Waals surface area contributed by atoms with Crippen LogP contribution in [-0.4, -0.2) is 0 Å². The van der Waals surface area contributed by atoms with Gasteiger partial charge in [-0.25, -0.2) is 0 Å². The lowest BCUT2D eigenvalue weighted by Crippen LogP contribution is -1.95. The minimum Gasteiger partial charge on any atom is -0.399 e. The quantitative estimate of drug-likeness (QED) is 0.702. The summed E-state index contributed by atoms with van der Waals surface area (Å²) in [5, 5.41) is 0. The number of nitrogens with two attached hydrogens (primary N) is 1. The predicted molar refractivity (Wildman–Crippen MR) is 56.7 cm³/mol. The highest BCUT2D eigenvalue weighted by Gasteiger charge is 2.21. The van der Waals surface area contributed by atoms with Gasteiger partial charge in [-0.05, 0) is 48.8 Å². The Morgan fingerprint density at radius 1 is 1.38 bits per heavy atom. The van der Waals surface area contributed by atoms with Crippen LogP contribution in [0.3, 0.4) is 0 Å². The Labute approximate surface area is 80.0 Å². The van der Waals surface area contributed by atoms with E-state index in [0.717, 1.165) is 18.0 Å². The first-order valence-corrected chi connectivity index (χ1v) is 5.17. The maximum absolute atomic E-state index is 5.85. The molecule has 2 N–H and O–H groups in total. The molecule has 1 aromatic rings. The molecule has 0 bridgehead atoms. The van der Waals surface area contributed by atoms with Crippen molar-refractivity contribution in [3.05, 3.63) is 29.3 Å². The van der Waals surface area contributed by atoms with Gasteiger partial charge in [0.1, 0.15) is 0 Å². The van der Waals surface area contributed by atoms with Gasteiger partial charge in [0.05, 0.1) is 0 Å². The Morgan fingerprint density at radius 2 is 2.15 bits per heavy atom. The van der Waals surface area contributed by atoms with Gasteiger partial charge in [-0.2, -0.15) is 0 Å². The van der Waals surface area contributed by atoms with Crippen molar-refractivity contribution in [2.75, 3.05) is 5.73 Å². The fraction of sp³-hybridized carbons (Fsp3) is 0.500. The van der Waals surface area contributed by atoms with Crippen LogP contribution in [-0.2, 0) is 12.8 Å². The van der Waals surface area contributed by atoms with Gasteiger partial charge in [-0.3, -0.25) is 0 Å². The van der Waals surface area contributed by atoms with Crippen molar-refractivity contribution < 1.29 is 0 Å². The summed E-state index contributed by atoms with van der Waals surface area (Å²) in [5.74, 6) is 0.966. The van der Waals surface area contributed by atoms with E-state index in [0.29, 0.717) is 0 Å². The van der Waals surface area contributed by atoms with E-state index in [2.05, 4.69) is 25.1 Å². The standard InChI is InChI=1S/C12H17N/c1-2-11-8-10(5-6-12(11)13)7-9-3-4-9/h5-6,8-9H,2-4,7,13H2,1H3. The Hall–Kier alpha value is -0.980. The van der Waals surface area contributed by atoms with Crippen LogP contribution in [0.4, 0.5) is 5.69 Å². The number of nitrogen functional groups attached to an aromatic ring is 1. The van der Waals surface area contributed by atoms with E-state index in [1.165, 1.54) is 30.4 Å². The van der Waals surface area contributed by atoms with E-state index in [1.807, 2.05) is 0 Å². The third-order valence-electron chi connectivity index (χ3n) is 2.81. The molecule has 1 aliphatic carbocycles. The van der Waals surface area contributed by atoms with Crippen molar-refractivity contribution in [1.29, 1.82) is 0 Å². The largest absolute Gasteiger partial charge is 0.399 e. The molecule has 1 aliphatic rings. The summed E-state index contributed by atoms with van der Waals surface area (Å²) >= 11 is 0. The zero-order valence-electron chi connectivity index (χ0n) is 8.22. The van der Waals surface area contributed by atoms with Gasteiger partial charge in [0.25, 0.3) is 0 Å². The molecule has 0 radical (unpaired) electrons. The van der Waals surface area contributed by atoms with Crippen LogP contribution in [0.2, 0.25) is 0 Å². The Balaban J connectivity index is 2.16. The molecular formula is C12H17N. The number of hydrogen-bond acceptors (Lipinski definition) is 1. The van der Waals surface area contributed by atoms with Crippen LogP contribution >= 0.6 is 0 Å². The highest BCUT2D eigenvalue weighted by molar-refractivity contribution is 5.48. The van der Waals surface area contributed by atoms with Gasteiger partial charge in [0.15, 0.2) is 0 Å². The van der Waals surface area contributed by atoms with Gasteiger partial charge in [0.2, 0.25) is 0 Å². The molecule has 1 nitrogen and oxygen atoms in total. The van der Waals surface area contributed by atoms with Crippen LogP contribution in [0.25, 0.3) is 0 Å². The van der Waals surface area contributed by atoms with Crippen molar-refractivity contribution in [2.45, 2.75) is 32.6 Å². The van der Waals surface area contributed by atoms with E-state index in [1.54, 1.807) is 0 Å². The topological polar surface area (TPSA) is 26.0 Å². The van der Waals surface area contributed by atoms with E-state index < -0.39 is 0 Å². The number of benzene rings is 1. The van der Waals surface area contributed by atoms with Gasteiger partial charge in [-0.15, -0.1) is 0 Å². The average Bonchev–Trinajstić information content (AvgIpc) is 2.92. The molecule has 0 aliphatic heterocycles. The molecule has 1 fully saturated rings. The highest BCUT2D eigenvalue weighted by Crippen LogP contribution is 2.33. The fourth-order valence-corrected chi connectivity index (χ4v) is 1.75. The van der Waals surface area contributed by atoms with Crippen LogP contribution in [0.15, 0.2) is 18.2 Å². The van der Waals surface area contributed by atoms with Gasteiger partial charge in [-0.1, -0.05) is 19.1 Å². The summed E-state index contributed by atoms with van der Waals surface area (Å²) in [6.45, 7) is 2.16. The zero-order chi connectivity index (χ0) is 9.26. The Bertz CT molecular complexity index is 300. The lowest BCUT2D eigenvalue weighted by Gasteiger charge is -2.05. The van der Waals surface area contributed by atoms with Gasteiger partial charge >= 0.3 is 0 Å². The fourth-order valence-electron chi connectivity index (χ4n) is 1.75. The number of rotatable bonds is 3. The number of hydrogen-bond donors (Lipinski definition) is 1. The van der Waals surface area contributed by atoms with Crippen molar-refractivity contribution in [2.24, 2.45) is 5.92 Å². The highest BCUT2D eigenvalue weighted by atomic mass is 14.6. The van der Waals surface area contributed by atoms with Crippen LogP contribution in [0.5, 0.6) is 0 Å². The molecule has 0 heterocycles. The molecule has 0 spiro atoms. The molecule has 2 rings (SSSR count). The predicted octanol–water partition coefficient (Wildman–Crippen LogP) is 2.78. The first kappa shape index (κ1) is 8.61. The van der Waals surface area contributed by atoms with Crippen LogP contribution in [0, 0.1) is 5.92 Å². The van der Waals surface area contributed by atoms with Crippen LogP contribution in [0.1, 0.15) is 30.9 Å². The molecule has 1 heteroatoms. The normalized spacial score (nSPS) is 16.1. The first-order chi connectivity index (χ1) is 6.29. The lowest BCUT2D eigenvalue weighted by atomic mass is 10.0. The monoisotopic (exact) mass is 175 g/mol. The summed E-state index contributed by atoms with van der Waals surface area (Å²) in [5.41, 5.74) is 9.56. The molecule has 0 unspecified atom stereocenters. The van der Waals surface area contributed by atoms with Crippen molar-refractivity contribution in [3.8, 4) is 0 Å². The maximum atomic E-state index is 5.85. The maximum Gasteiger partial charge on any atom is 0.0346 e. The van der Waals surface area contributed by atoms with Gasteiger partial charge in [0, 0.05) is 5.69 Å². The molecule has 0 amide bonds. The van der Waals surface area contributed by atoms with Crippen molar-refractivity contribution in [1.82, 2.24) is 0 Å². The molecule has 0 aromatic heterocycles. The Kier molecular flexibility index (Phi) is 2.26. The van der Waals surface area contributed by atoms with E-state index in [-0.39, 0.29) is 0 Å². The summed E-state index contributed by atoms with van der Waals surface area (Å²) < 4.78 is 0. The second-order valence-corrected chi connectivity index (χ2v) is 4.03. The molecular weight excluding hydrogens is 158 g/mol. The summed E-state index contributed by atoms with van der Waals surface area (Å²) in [6.07, 6.45) is 5.15. The van der Waals surface area contributed by atoms with Crippen molar-refractivity contribution in [3.63, 3.8) is 0 Å². The molecule has 0 saturated heterocycles. The zero-order valence-corrected chi connectivity index (χ0v) is 8.22. The third kappa shape index (κ3) is 2.03. The van der Waals surface area contributed by atoms with E-state index >= 15 is 0 Å². The molecule has 1 aromatic carbocycles. The van der Waals surface area contributed by atoms with Gasteiger partial charge < -0.3 is 5.73 Å². The first-order valence-electron chi connectivity index (χ1n) is 5.17. The second-order valence-electron chi connectivity index (χ2n) is 4.03. The molecule has 1 saturated carbocycles. The lowest BCUT2D eigenvalue weighted by molar-refractivity contribution is 0.830. The summed E-state index contributed by atoms with van der Waals surface area (Å²) in [6, 6.07) is 6.50. The van der Waals surface area contributed by atoms with E-state index in [9.17, 15) is 0 Å². The minimum absolute atomic E-state index is 0.946. The molecule has 0 atom stereocenters. The molecule has 13 heavy (non-hydrogen) atoms.